The maximum Gasteiger partial charge on any atom is 0.221 e. The van der Waals surface area contributed by atoms with E-state index in [-0.39, 0.29) is 5.91 Å². The Labute approximate surface area is 152 Å². The van der Waals surface area contributed by atoms with E-state index in [1.54, 1.807) is 0 Å². The van der Waals surface area contributed by atoms with E-state index in [1.807, 2.05) is 84.0 Å². The Morgan fingerprint density at radius 1 is 0.920 bits per heavy atom. The number of ether oxygens (including phenoxy) is 1. The number of rotatable bonds is 3. The summed E-state index contributed by atoms with van der Waals surface area (Å²) >= 11 is 0. The number of aliphatic hydroxyl groups excluding tert-OH is 1. The maximum absolute atomic E-state index is 11.2. The SMILES string of the molecule is CC.CC.CC(=O)Nc1cc(Oc2ccccc2)c(C)cc1C.CO. The van der Waals surface area contributed by atoms with E-state index < -0.39 is 0 Å². The molecule has 0 saturated heterocycles. The Morgan fingerprint density at radius 2 is 1.44 bits per heavy atom. The van der Waals surface area contributed by atoms with Crippen LogP contribution < -0.4 is 10.1 Å². The molecule has 0 aromatic heterocycles. The zero-order valence-electron chi connectivity index (χ0n) is 16.8. The molecule has 1 amide bonds. The third kappa shape index (κ3) is 9.52. The smallest absolute Gasteiger partial charge is 0.221 e. The minimum atomic E-state index is -0.0855. The fourth-order valence-electron chi connectivity index (χ4n) is 1.88. The Bertz CT molecular complexity index is 596. The van der Waals surface area contributed by atoms with Crippen LogP contribution in [-0.2, 0) is 4.79 Å². The van der Waals surface area contributed by atoms with Crippen LogP contribution in [0.15, 0.2) is 42.5 Å². The van der Waals surface area contributed by atoms with Crippen LogP contribution in [0, 0.1) is 13.8 Å². The topological polar surface area (TPSA) is 58.6 Å². The lowest BCUT2D eigenvalue weighted by Crippen LogP contribution is -2.07. The van der Waals surface area contributed by atoms with Crippen LogP contribution in [-0.4, -0.2) is 18.1 Å². The van der Waals surface area contributed by atoms with E-state index in [0.717, 1.165) is 35.4 Å². The van der Waals surface area contributed by atoms with Crippen molar-refractivity contribution in [3.63, 3.8) is 0 Å². The van der Waals surface area contributed by atoms with Crippen molar-refractivity contribution in [1.82, 2.24) is 0 Å². The summed E-state index contributed by atoms with van der Waals surface area (Å²) in [5, 5.41) is 9.81. The van der Waals surface area contributed by atoms with Gasteiger partial charge in [-0.3, -0.25) is 4.79 Å². The Kier molecular flexibility index (Phi) is 15.2. The quantitative estimate of drug-likeness (QED) is 0.747. The number of hydrogen-bond donors (Lipinski definition) is 2. The van der Waals surface area contributed by atoms with Crippen molar-refractivity contribution >= 4 is 11.6 Å². The lowest BCUT2D eigenvalue weighted by Gasteiger charge is -2.13. The second kappa shape index (κ2) is 15.2. The van der Waals surface area contributed by atoms with E-state index in [4.69, 9.17) is 9.84 Å². The largest absolute Gasteiger partial charge is 0.457 e. The van der Waals surface area contributed by atoms with Crippen LogP contribution in [0.5, 0.6) is 11.5 Å². The second-order valence-electron chi connectivity index (χ2n) is 4.53. The molecule has 0 aliphatic heterocycles. The number of aliphatic hydroxyl groups is 1. The third-order valence-electron chi connectivity index (χ3n) is 2.80. The minimum Gasteiger partial charge on any atom is -0.457 e. The Hall–Kier alpha value is -2.33. The van der Waals surface area contributed by atoms with Crippen LogP contribution in [0.2, 0.25) is 0 Å². The molecule has 0 heterocycles. The number of anilines is 1. The summed E-state index contributed by atoms with van der Waals surface area (Å²) < 4.78 is 5.84. The van der Waals surface area contributed by atoms with Crippen LogP contribution in [0.4, 0.5) is 5.69 Å². The molecule has 2 rings (SSSR count). The zero-order chi connectivity index (χ0) is 19.8. The molecular weight excluding hydrogens is 314 g/mol. The van der Waals surface area contributed by atoms with E-state index in [0.29, 0.717) is 0 Å². The minimum absolute atomic E-state index is 0.0855. The molecule has 0 spiro atoms. The van der Waals surface area contributed by atoms with Crippen LogP contribution in [0.3, 0.4) is 0 Å². The van der Waals surface area contributed by atoms with E-state index >= 15 is 0 Å². The summed E-state index contributed by atoms with van der Waals surface area (Å²) in [6.07, 6.45) is 0. The van der Waals surface area contributed by atoms with Gasteiger partial charge in [0.05, 0.1) is 0 Å². The van der Waals surface area contributed by atoms with Crippen molar-refractivity contribution in [2.24, 2.45) is 0 Å². The molecule has 2 N–H and O–H groups in total. The summed E-state index contributed by atoms with van der Waals surface area (Å²) in [5.74, 6) is 1.45. The van der Waals surface area contributed by atoms with Crippen molar-refractivity contribution in [3.05, 3.63) is 53.6 Å². The first-order valence-corrected chi connectivity index (χ1v) is 8.62. The van der Waals surface area contributed by atoms with Gasteiger partial charge in [0.15, 0.2) is 0 Å². The summed E-state index contributed by atoms with van der Waals surface area (Å²) in [7, 11) is 1.00. The number of carbonyl (C=O) groups is 1. The van der Waals surface area contributed by atoms with Crippen molar-refractivity contribution < 1.29 is 14.6 Å². The standard InChI is InChI=1S/C16H17NO2.2C2H6.CH4O/c1-11-9-12(2)16(10-15(11)17-13(3)18)19-14-7-5-4-6-8-14;3*1-2/h4-10H,1-3H3,(H,17,18);2*1-2H3;2H,1H3. The number of amides is 1. The van der Waals surface area contributed by atoms with Crippen molar-refractivity contribution in [1.29, 1.82) is 0 Å². The maximum atomic E-state index is 11.2. The average molecular weight is 347 g/mol. The lowest BCUT2D eigenvalue weighted by molar-refractivity contribution is -0.114. The third-order valence-corrected chi connectivity index (χ3v) is 2.80. The molecule has 0 atom stereocenters. The molecule has 0 fully saturated rings. The second-order valence-corrected chi connectivity index (χ2v) is 4.53. The number of hydrogen-bond acceptors (Lipinski definition) is 3. The van der Waals surface area contributed by atoms with Crippen LogP contribution >= 0.6 is 0 Å². The molecule has 2 aromatic carbocycles. The Morgan fingerprint density at radius 3 is 1.92 bits per heavy atom. The number of para-hydroxylation sites is 1. The van der Waals surface area contributed by atoms with Gasteiger partial charge >= 0.3 is 0 Å². The first kappa shape index (κ1) is 24.9. The van der Waals surface area contributed by atoms with Crippen molar-refractivity contribution in [2.45, 2.75) is 48.5 Å². The van der Waals surface area contributed by atoms with Crippen molar-refractivity contribution in [2.75, 3.05) is 12.4 Å². The predicted octanol–water partition coefficient (Wildman–Crippen LogP) is 5.72. The van der Waals surface area contributed by atoms with E-state index in [2.05, 4.69) is 5.32 Å². The number of nitrogens with one attached hydrogen (secondary N) is 1. The highest BCUT2D eigenvalue weighted by atomic mass is 16.5. The van der Waals surface area contributed by atoms with Gasteiger partial charge in [0, 0.05) is 25.8 Å². The van der Waals surface area contributed by atoms with Gasteiger partial charge < -0.3 is 15.2 Å². The first-order chi connectivity index (χ1) is 12.1. The molecule has 0 bridgehead atoms. The summed E-state index contributed by atoms with van der Waals surface area (Å²) in [6.45, 7) is 13.4. The highest BCUT2D eigenvalue weighted by Gasteiger charge is 2.07. The number of carbonyl (C=O) groups excluding carboxylic acids is 1. The summed E-state index contributed by atoms with van der Waals surface area (Å²) in [4.78, 5) is 11.2. The van der Waals surface area contributed by atoms with Gasteiger partial charge in [0.2, 0.25) is 5.91 Å². The van der Waals surface area contributed by atoms with Gasteiger partial charge in [-0.1, -0.05) is 52.0 Å². The Balaban J connectivity index is 0. The molecular formula is C21H33NO3. The monoisotopic (exact) mass is 347 g/mol. The van der Waals surface area contributed by atoms with Gasteiger partial charge in [-0.2, -0.15) is 0 Å². The van der Waals surface area contributed by atoms with E-state index in [9.17, 15) is 4.79 Å². The molecule has 4 heteroatoms. The van der Waals surface area contributed by atoms with E-state index in [1.165, 1.54) is 6.92 Å². The van der Waals surface area contributed by atoms with Gasteiger partial charge in [0.25, 0.3) is 0 Å². The van der Waals surface area contributed by atoms with Gasteiger partial charge in [-0.15, -0.1) is 0 Å². The average Bonchev–Trinajstić information content (AvgIpc) is 2.65. The fourth-order valence-corrected chi connectivity index (χ4v) is 1.88. The molecule has 140 valence electrons. The summed E-state index contributed by atoms with van der Waals surface area (Å²) in [5.41, 5.74) is 2.84. The molecule has 0 saturated carbocycles. The molecule has 4 nitrogen and oxygen atoms in total. The summed E-state index contributed by atoms with van der Waals surface area (Å²) in [6, 6.07) is 13.5. The number of aryl methyl sites for hydroxylation is 2. The number of benzene rings is 2. The lowest BCUT2D eigenvalue weighted by atomic mass is 10.1. The molecule has 0 radical (unpaired) electrons. The highest BCUT2D eigenvalue weighted by molar-refractivity contribution is 5.89. The van der Waals surface area contributed by atoms with Gasteiger partial charge in [-0.05, 0) is 37.1 Å². The van der Waals surface area contributed by atoms with Gasteiger partial charge in [-0.25, -0.2) is 0 Å². The fraction of sp³-hybridized carbons (Fsp3) is 0.381. The van der Waals surface area contributed by atoms with Crippen LogP contribution in [0.1, 0.15) is 45.7 Å². The van der Waals surface area contributed by atoms with Crippen molar-refractivity contribution in [3.8, 4) is 11.5 Å². The highest BCUT2D eigenvalue weighted by Crippen LogP contribution is 2.30. The zero-order valence-corrected chi connectivity index (χ0v) is 16.8. The van der Waals surface area contributed by atoms with Gasteiger partial charge in [0.1, 0.15) is 11.5 Å². The first-order valence-electron chi connectivity index (χ1n) is 8.62. The predicted molar refractivity (Wildman–Crippen MR) is 108 cm³/mol. The molecule has 0 aliphatic rings. The molecule has 2 aromatic rings. The normalized spacial score (nSPS) is 8.36. The van der Waals surface area contributed by atoms with Crippen LogP contribution in [0.25, 0.3) is 0 Å². The molecule has 25 heavy (non-hydrogen) atoms. The molecule has 0 unspecified atom stereocenters. The molecule has 0 aliphatic carbocycles.